The quantitative estimate of drug-likeness (QED) is 0.794. The number of nitrogens with zero attached hydrogens (tertiary/aromatic N) is 5. The van der Waals surface area contributed by atoms with Crippen molar-refractivity contribution < 1.29 is 4.79 Å². The summed E-state index contributed by atoms with van der Waals surface area (Å²) in [6.45, 7) is 6.71. The largest absolute Gasteiger partial charge is 0.341 e. The van der Waals surface area contributed by atoms with E-state index < -0.39 is 0 Å². The average Bonchev–Trinajstić information content (AvgIpc) is 2.73. The number of rotatable bonds is 5. The second-order valence-electron chi connectivity index (χ2n) is 7.75. The summed E-state index contributed by atoms with van der Waals surface area (Å²) in [5, 5.41) is 9.07. The van der Waals surface area contributed by atoms with E-state index in [-0.39, 0.29) is 5.91 Å². The summed E-state index contributed by atoms with van der Waals surface area (Å²) in [4.78, 5) is 26.3. The molecule has 0 spiro atoms. The number of hydrogen-bond donors (Lipinski definition) is 0. The van der Waals surface area contributed by atoms with Crippen molar-refractivity contribution in [3.05, 3.63) is 41.6 Å². The molecule has 0 N–H and O–H groups in total. The molecule has 28 heavy (non-hydrogen) atoms. The van der Waals surface area contributed by atoms with E-state index in [2.05, 4.69) is 29.8 Å². The topological polar surface area (TPSA) is 73.1 Å². The van der Waals surface area contributed by atoms with Crippen LogP contribution in [0.1, 0.15) is 49.0 Å². The Labute approximate surface area is 166 Å². The first-order valence-corrected chi connectivity index (χ1v) is 9.87. The van der Waals surface area contributed by atoms with Crippen molar-refractivity contribution in [2.24, 2.45) is 5.92 Å². The molecule has 0 saturated carbocycles. The number of carbonyl (C=O) groups is 1. The van der Waals surface area contributed by atoms with Crippen LogP contribution < -0.4 is 4.90 Å². The number of amides is 1. The van der Waals surface area contributed by atoms with Crippen LogP contribution in [0, 0.1) is 17.2 Å². The van der Waals surface area contributed by atoms with E-state index in [1.165, 1.54) is 6.42 Å². The molecule has 0 atom stereocenters. The van der Waals surface area contributed by atoms with E-state index in [4.69, 9.17) is 10.2 Å². The van der Waals surface area contributed by atoms with Crippen LogP contribution in [-0.2, 0) is 0 Å². The van der Waals surface area contributed by atoms with Gasteiger partial charge in [0.2, 0.25) is 5.95 Å². The van der Waals surface area contributed by atoms with E-state index in [0.717, 1.165) is 31.5 Å². The van der Waals surface area contributed by atoms with Crippen LogP contribution in [0.25, 0.3) is 11.3 Å². The lowest BCUT2D eigenvalue weighted by Gasteiger charge is -2.27. The van der Waals surface area contributed by atoms with Gasteiger partial charge >= 0.3 is 0 Å². The van der Waals surface area contributed by atoms with Crippen molar-refractivity contribution >= 4 is 11.9 Å². The smallest absolute Gasteiger partial charge is 0.257 e. The van der Waals surface area contributed by atoms with Crippen molar-refractivity contribution in [1.29, 1.82) is 5.26 Å². The summed E-state index contributed by atoms with van der Waals surface area (Å²) in [6, 6.07) is 9.33. The minimum Gasteiger partial charge on any atom is -0.341 e. The number of nitriles is 1. The third-order valence-corrected chi connectivity index (χ3v) is 4.92. The molecule has 6 nitrogen and oxygen atoms in total. The van der Waals surface area contributed by atoms with E-state index in [1.54, 1.807) is 23.2 Å². The molecule has 1 aliphatic rings. The molecule has 1 aliphatic heterocycles. The summed E-state index contributed by atoms with van der Waals surface area (Å²) in [6.07, 6.45) is 5.15. The highest BCUT2D eigenvalue weighted by Gasteiger charge is 2.22. The SMILES string of the molecule is CC(C)CN(C)C(=O)c1cnc(N2CCCCC2)nc1-c1ccc(C#N)cc1. The van der Waals surface area contributed by atoms with Gasteiger partial charge in [0.25, 0.3) is 5.91 Å². The Bertz CT molecular complexity index is 863. The van der Waals surface area contributed by atoms with Gasteiger partial charge in [-0.25, -0.2) is 9.97 Å². The second-order valence-corrected chi connectivity index (χ2v) is 7.75. The Morgan fingerprint density at radius 1 is 1.21 bits per heavy atom. The summed E-state index contributed by atoms with van der Waals surface area (Å²) < 4.78 is 0. The molecule has 0 bridgehead atoms. The molecule has 1 amide bonds. The predicted molar refractivity (Wildman–Crippen MR) is 110 cm³/mol. The Balaban J connectivity index is 2.02. The fourth-order valence-corrected chi connectivity index (χ4v) is 3.53. The van der Waals surface area contributed by atoms with Gasteiger partial charge in [0.05, 0.1) is 22.9 Å². The highest BCUT2D eigenvalue weighted by molar-refractivity contribution is 5.99. The van der Waals surface area contributed by atoms with Crippen molar-refractivity contribution in [2.75, 3.05) is 31.6 Å². The number of hydrogen-bond acceptors (Lipinski definition) is 5. The molecule has 1 saturated heterocycles. The first-order valence-electron chi connectivity index (χ1n) is 9.87. The van der Waals surface area contributed by atoms with Gasteiger partial charge in [-0.1, -0.05) is 26.0 Å². The molecule has 3 rings (SSSR count). The molecule has 0 unspecified atom stereocenters. The number of carbonyl (C=O) groups excluding carboxylic acids is 1. The standard InChI is InChI=1S/C22H27N5O/c1-16(2)15-26(3)21(28)19-14-24-22(27-11-5-4-6-12-27)25-20(19)18-9-7-17(13-23)8-10-18/h7-10,14,16H,4-6,11-12,15H2,1-3H3. The lowest BCUT2D eigenvalue weighted by molar-refractivity contribution is 0.0779. The van der Waals surface area contributed by atoms with Crippen LogP contribution in [0.3, 0.4) is 0 Å². The maximum atomic E-state index is 13.1. The first kappa shape index (κ1) is 19.8. The molecule has 146 valence electrons. The fourth-order valence-electron chi connectivity index (χ4n) is 3.53. The third-order valence-electron chi connectivity index (χ3n) is 4.92. The maximum Gasteiger partial charge on any atom is 0.257 e. The van der Waals surface area contributed by atoms with Gasteiger partial charge in [-0.05, 0) is 37.3 Å². The average molecular weight is 377 g/mol. The number of benzene rings is 1. The van der Waals surface area contributed by atoms with Crippen LogP contribution >= 0.6 is 0 Å². The van der Waals surface area contributed by atoms with Crippen molar-refractivity contribution in [3.63, 3.8) is 0 Å². The normalized spacial score (nSPS) is 14.0. The number of anilines is 1. The van der Waals surface area contributed by atoms with Gasteiger partial charge in [-0.2, -0.15) is 5.26 Å². The molecule has 6 heteroatoms. The molecule has 1 aromatic heterocycles. The second kappa shape index (κ2) is 8.83. The van der Waals surface area contributed by atoms with Gasteiger partial charge in [-0.3, -0.25) is 4.79 Å². The highest BCUT2D eigenvalue weighted by atomic mass is 16.2. The summed E-state index contributed by atoms with van der Waals surface area (Å²) in [7, 11) is 1.81. The molecular weight excluding hydrogens is 350 g/mol. The Kier molecular flexibility index (Phi) is 6.25. The Morgan fingerprint density at radius 2 is 1.89 bits per heavy atom. The van der Waals surface area contributed by atoms with E-state index >= 15 is 0 Å². The van der Waals surface area contributed by atoms with Crippen LogP contribution in [0.15, 0.2) is 30.5 Å². The van der Waals surface area contributed by atoms with Crippen molar-refractivity contribution in [1.82, 2.24) is 14.9 Å². The number of aromatic nitrogens is 2. The Morgan fingerprint density at radius 3 is 2.50 bits per heavy atom. The highest BCUT2D eigenvalue weighted by Crippen LogP contribution is 2.26. The third kappa shape index (κ3) is 4.48. The van der Waals surface area contributed by atoms with Crippen molar-refractivity contribution in [3.8, 4) is 17.3 Å². The van der Waals surface area contributed by atoms with Gasteiger partial charge in [-0.15, -0.1) is 0 Å². The summed E-state index contributed by atoms with van der Waals surface area (Å²) >= 11 is 0. The van der Waals surface area contributed by atoms with Crippen LogP contribution in [0.2, 0.25) is 0 Å². The minimum absolute atomic E-state index is 0.0850. The van der Waals surface area contributed by atoms with Gasteiger partial charge in [0.1, 0.15) is 0 Å². The lowest BCUT2D eigenvalue weighted by Crippen LogP contribution is -2.33. The van der Waals surface area contributed by atoms with E-state index in [9.17, 15) is 4.79 Å². The summed E-state index contributed by atoms with van der Waals surface area (Å²) in [5.74, 6) is 0.959. The maximum absolute atomic E-state index is 13.1. The Hall–Kier alpha value is -2.94. The predicted octanol–water partition coefficient (Wildman–Crippen LogP) is 3.73. The lowest BCUT2D eigenvalue weighted by atomic mass is 10.0. The van der Waals surface area contributed by atoms with Gasteiger partial charge < -0.3 is 9.80 Å². The number of piperidine rings is 1. The van der Waals surface area contributed by atoms with Gasteiger partial charge in [0, 0.05) is 38.4 Å². The minimum atomic E-state index is -0.0850. The molecule has 0 aliphatic carbocycles. The molecule has 0 radical (unpaired) electrons. The summed E-state index contributed by atoms with van der Waals surface area (Å²) in [5.41, 5.74) is 2.52. The van der Waals surface area contributed by atoms with Crippen molar-refractivity contribution in [2.45, 2.75) is 33.1 Å². The van der Waals surface area contributed by atoms with E-state index in [0.29, 0.717) is 35.2 Å². The molecule has 2 heterocycles. The van der Waals surface area contributed by atoms with Gasteiger partial charge in [0.15, 0.2) is 0 Å². The fraction of sp³-hybridized carbons (Fsp3) is 0.455. The molecule has 2 aromatic rings. The first-order chi connectivity index (χ1) is 13.5. The van der Waals surface area contributed by atoms with Crippen LogP contribution in [0.4, 0.5) is 5.95 Å². The molecule has 1 aromatic carbocycles. The molecule has 1 fully saturated rings. The zero-order chi connectivity index (χ0) is 20.1. The van der Waals surface area contributed by atoms with Crippen LogP contribution in [-0.4, -0.2) is 47.5 Å². The zero-order valence-electron chi connectivity index (χ0n) is 16.9. The van der Waals surface area contributed by atoms with Crippen LogP contribution in [0.5, 0.6) is 0 Å². The zero-order valence-corrected chi connectivity index (χ0v) is 16.9. The molecular formula is C22H27N5O. The van der Waals surface area contributed by atoms with E-state index in [1.807, 2.05) is 19.2 Å². The monoisotopic (exact) mass is 377 g/mol.